The first-order chi connectivity index (χ1) is 16.1. The zero-order chi connectivity index (χ0) is 28.8. The van der Waals surface area contributed by atoms with Gasteiger partial charge < -0.3 is 9.53 Å². The SMILES string of the molecule is C=C(CC)[C@@H](O[Si](C)(C)C(C)(C)C)[C@H](C)C(=O)[C@H](C)/C=C(\C)C[C@H](C)[C@H](O)[C@H](C)C(=O)SC(C)(C)C. The zero-order valence-electron chi connectivity index (χ0n) is 25.7. The Morgan fingerprint density at radius 2 is 1.53 bits per heavy atom. The molecular formula is C30H56O4SSi. The Bertz CT molecular complexity index is 788. The lowest BCUT2D eigenvalue weighted by atomic mass is 9.85. The van der Waals surface area contributed by atoms with E-state index in [1.54, 1.807) is 6.92 Å². The molecule has 0 aliphatic heterocycles. The number of Topliss-reactive ketones (excluding diaryl/α,β-unsaturated/α-hetero) is 1. The molecule has 0 bridgehead atoms. The van der Waals surface area contributed by atoms with Crippen molar-refractivity contribution in [3.63, 3.8) is 0 Å². The Kier molecular flexibility index (Phi) is 13.6. The van der Waals surface area contributed by atoms with E-state index >= 15 is 0 Å². The van der Waals surface area contributed by atoms with Crippen LogP contribution in [0.15, 0.2) is 23.8 Å². The van der Waals surface area contributed by atoms with Crippen molar-refractivity contribution in [2.75, 3.05) is 0 Å². The van der Waals surface area contributed by atoms with Gasteiger partial charge in [0, 0.05) is 16.6 Å². The van der Waals surface area contributed by atoms with Gasteiger partial charge >= 0.3 is 0 Å². The third-order valence-electron chi connectivity index (χ3n) is 7.49. The van der Waals surface area contributed by atoms with E-state index in [0.29, 0.717) is 6.42 Å². The summed E-state index contributed by atoms with van der Waals surface area (Å²) in [5, 5.41) is 10.9. The number of rotatable bonds is 13. The van der Waals surface area contributed by atoms with Crippen molar-refractivity contribution in [2.45, 2.75) is 131 Å². The van der Waals surface area contributed by atoms with Crippen LogP contribution in [0, 0.1) is 23.7 Å². The van der Waals surface area contributed by atoms with Gasteiger partial charge in [-0.05, 0) is 49.4 Å². The molecule has 0 spiro atoms. The van der Waals surface area contributed by atoms with Gasteiger partial charge in [0.25, 0.3) is 0 Å². The minimum Gasteiger partial charge on any atom is -0.410 e. The van der Waals surface area contributed by atoms with Gasteiger partial charge in [-0.1, -0.05) is 106 Å². The maximum Gasteiger partial charge on any atom is 0.194 e. The molecular weight excluding hydrogens is 484 g/mol. The van der Waals surface area contributed by atoms with Crippen LogP contribution in [0.4, 0.5) is 0 Å². The number of aliphatic hydroxyl groups excluding tert-OH is 1. The average Bonchev–Trinajstić information content (AvgIpc) is 2.72. The summed E-state index contributed by atoms with van der Waals surface area (Å²) < 4.78 is 6.53. The minimum absolute atomic E-state index is 0.0183. The van der Waals surface area contributed by atoms with E-state index in [-0.39, 0.29) is 44.5 Å². The number of carbonyl (C=O) groups is 2. The molecule has 0 amide bonds. The summed E-state index contributed by atoms with van der Waals surface area (Å²) in [6.07, 6.45) is 2.41. The van der Waals surface area contributed by atoms with Crippen molar-refractivity contribution in [3.8, 4) is 0 Å². The maximum absolute atomic E-state index is 13.5. The number of carbonyl (C=O) groups excluding carboxylic acids is 2. The lowest BCUT2D eigenvalue weighted by Crippen LogP contribution is -2.47. The van der Waals surface area contributed by atoms with Gasteiger partial charge in [0.05, 0.1) is 18.1 Å². The fourth-order valence-electron chi connectivity index (χ4n) is 4.03. The van der Waals surface area contributed by atoms with Crippen molar-refractivity contribution in [2.24, 2.45) is 23.7 Å². The van der Waals surface area contributed by atoms with Gasteiger partial charge in [-0.25, -0.2) is 0 Å². The molecule has 1 N–H and O–H groups in total. The van der Waals surface area contributed by atoms with Gasteiger partial charge in [-0.2, -0.15) is 0 Å². The second-order valence-corrected chi connectivity index (χ2v) is 19.9. The molecule has 0 fully saturated rings. The number of allylic oxidation sites excluding steroid dienone is 2. The molecule has 6 atom stereocenters. The molecule has 0 heterocycles. The molecule has 6 heteroatoms. The van der Waals surface area contributed by atoms with E-state index in [2.05, 4.69) is 47.4 Å². The van der Waals surface area contributed by atoms with Gasteiger partial charge in [-0.3, -0.25) is 9.59 Å². The van der Waals surface area contributed by atoms with Crippen molar-refractivity contribution in [1.29, 1.82) is 0 Å². The molecule has 0 aromatic heterocycles. The summed E-state index contributed by atoms with van der Waals surface area (Å²) in [5.74, 6) is -0.943. The summed E-state index contributed by atoms with van der Waals surface area (Å²) in [6, 6.07) is 0. The van der Waals surface area contributed by atoms with Crippen molar-refractivity contribution >= 4 is 31.0 Å². The molecule has 210 valence electrons. The highest BCUT2D eigenvalue weighted by molar-refractivity contribution is 8.14. The first-order valence-corrected chi connectivity index (χ1v) is 17.3. The second kappa shape index (κ2) is 13.9. The van der Waals surface area contributed by atoms with Crippen LogP contribution in [0.2, 0.25) is 18.1 Å². The Labute approximate surface area is 228 Å². The second-order valence-electron chi connectivity index (χ2n) is 13.3. The highest BCUT2D eigenvalue weighted by Crippen LogP contribution is 2.39. The Morgan fingerprint density at radius 1 is 1.03 bits per heavy atom. The molecule has 0 unspecified atom stereocenters. The van der Waals surface area contributed by atoms with Crippen LogP contribution in [0.5, 0.6) is 0 Å². The van der Waals surface area contributed by atoms with Crippen LogP contribution in [0.3, 0.4) is 0 Å². The number of thioether (sulfide) groups is 1. The lowest BCUT2D eigenvalue weighted by Gasteiger charge is -2.41. The van der Waals surface area contributed by atoms with Crippen LogP contribution < -0.4 is 0 Å². The highest BCUT2D eigenvalue weighted by atomic mass is 32.2. The molecule has 0 aliphatic carbocycles. The summed E-state index contributed by atoms with van der Waals surface area (Å²) in [6.45, 7) is 33.0. The fourth-order valence-corrected chi connectivity index (χ4v) is 6.32. The molecule has 0 rings (SSSR count). The van der Waals surface area contributed by atoms with Gasteiger partial charge in [0.1, 0.15) is 5.78 Å². The van der Waals surface area contributed by atoms with Crippen molar-refractivity contribution < 1.29 is 19.1 Å². The molecule has 0 aromatic rings. The monoisotopic (exact) mass is 540 g/mol. The lowest BCUT2D eigenvalue weighted by molar-refractivity contribution is -0.126. The summed E-state index contributed by atoms with van der Waals surface area (Å²) >= 11 is 1.28. The summed E-state index contributed by atoms with van der Waals surface area (Å²) in [5.41, 5.74) is 2.02. The smallest absolute Gasteiger partial charge is 0.194 e. The van der Waals surface area contributed by atoms with Gasteiger partial charge in [0.15, 0.2) is 13.4 Å². The third kappa shape index (κ3) is 11.0. The largest absolute Gasteiger partial charge is 0.410 e. The third-order valence-corrected chi connectivity index (χ3v) is 13.1. The standard InChI is InChI=1S/C30H56O4SSi/c1-16-20(3)27(34-36(14,15)30(11,12)13)23(6)25(31)21(4)17-19(2)18-22(5)26(32)24(7)28(33)35-29(8,9)10/h17,21-24,26-27,32H,3,16,18H2,1-2,4-15H3/b19-17+/t21-,22+,23-,24+,26+,27-/m1/s1. The fraction of sp³-hybridized carbons (Fsp3) is 0.800. The van der Waals surface area contributed by atoms with Crippen LogP contribution in [0.25, 0.3) is 0 Å². The molecule has 0 saturated carbocycles. The number of hydrogen-bond acceptors (Lipinski definition) is 5. The van der Waals surface area contributed by atoms with Gasteiger partial charge in [0.2, 0.25) is 0 Å². The predicted octanol–water partition coefficient (Wildman–Crippen LogP) is 8.21. The molecule has 0 aliphatic rings. The van der Waals surface area contributed by atoms with E-state index in [9.17, 15) is 14.7 Å². The molecule has 0 saturated heterocycles. The molecule has 0 radical (unpaired) electrons. The molecule has 4 nitrogen and oxygen atoms in total. The van der Waals surface area contributed by atoms with Crippen molar-refractivity contribution in [3.05, 3.63) is 23.8 Å². The first-order valence-electron chi connectivity index (χ1n) is 13.5. The minimum atomic E-state index is -2.08. The zero-order valence-corrected chi connectivity index (χ0v) is 27.6. The Hall–Kier alpha value is -0.693. The Morgan fingerprint density at radius 3 is 1.94 bits per heavy atom. The number of aliphatic hydroxyl groups is 1. The van der Waals surface area contributed by atoms with E-state index in [1.807, 2.05) is 54.5 Å². The summed E-state index contributed by atoms with van der Waals surface area (Å²) in [7, 11) is -2.08. The maximum atomic E-state index is 13.5. The molecule has 0 aromatic carbocycles. The topological polar surface area (TPSA) is 63.6 Å². The van der Waals surface area contributed by atoms with Crippen LogP contribution >= 0.6 is 11.8 Å². The van der Waals surface area contributed by atoms with Gasteiger partial charge in [-0.15, -0.1) is 0 Å². The highest BCUT2D eigenvalue weighted by Gasteiger charge is 2.42. The average molecular weight is 541 g/mol. The number of hydrogen-bond donors (Lipinski definition) is 1. The van der Waals surface area contributed by atoms with Crippen LogP contribution in [-0.2, 0) is 14.0 Å². The van der Waals surface area contributed by atoms with E-state index in [1.165, 1.54) is 11.8 Å². The van der Waals surface area contributed by atoms with Crippen LogP contribution in [-0.4, -0.2) is 41.3 Å². The predicted molar refractivity (Wildman–Crippen MR) is 160 cm³/mol. The van der Waals surface area contributed by atoms with Crippen LogP contribution in [0.1, 0.15) is 95.9 Å². The van der Waals surface area contributed by atoms with Crippen molar-refractivity contribution in [1.82, 2.24) is 0 Å². The first kappa shape index (κ1) is 35.3. The molecule has 36 heavy (non-hydrogen) atoms. The quantitative estimate of drug-likeness (QED) is 0.188. The van der Waals surface area contributed by atoms with E-state index in [4.69, 9.17) is 4.43 Å². The summed E-state index contributed by atoms with van der Waals surface area (Å²) in [4.78, 5) is 26.0. The Balaban J connectivity index is 5.46. The normalized spacial score (nSPS) is 18.7. The van der Waals surface area contributed by atoms with E-state index in [0.717, 1.165) is 17.6 Å². The number of ketones is 1. The van der Waals surface area contributed by atoms with E-state index < -0.39 is 20.3 Å².